The summed E-state index contributed by atoms with van der Waals surface area (Å²) < 4.78 is 5.49. The number of hydrogen-bond acceptors (Lipinski definition) is 2. The molecule has 0 aromatic heterocycles. The summed E-state index contributed by atoms with van der Waals surface area (Å²) in [6.45, 7) is 3.03. The summed E-state index contributed by atoms with van der Waals surface area (Å²) in [5, 5.41) is 0. The van der Waals surface area contributed by atoms with Crippen LogP contribution in [0.1, 0.15) is 51.9 Å². The van der Waals surface area contributed by atoms with E-state index in [-0.39, 0.29) is 6.10 Å². The van der Waals surface area contributed by atoms with E-state index >= 15 is 0 Å². The summed E-state index contributed by atoms with van der Waals surface area (Å²) in [5.41, 5.74) is 0. The maximum absolute atomic E-state index is 12.1. The predicted octanol–water partition coefficient (Wildman–Crippen LogP) is 2.95. The van der Waals surface area contributed by atoms with Crippen LogP contribution in [0.4, 0.5) is 0 Å². The van der Waals surface area contributed by atoms with Crippen LogP contribution in [0.2, 0.25) is 0 Å². The van der Waals surface area contributed by atoms with Gasteiger partial charge in [0.05, 0.1) is 0 Å². The number of ether oxygens (including phenoxy) is 1. The molecule has 0 amide bonds. The summed E-state index contributed by atoms with van der Waals surface area (Å²) in [6, 6.07) is 0. The lowest BCUT2D eigenvalue weighted by molar-refractivity contribution is -0.133. The van der Waals surface area contributed by atoms with Gasteiger partial charge in [0.15, 0.2) is 5.78 Å². The third-order valence-electron chi connectivity index (χ3n) is 4.01. The van der Waals surface area contributed by atoms with Gasteiger partial charge in [-0.05, 0) is 31.6 Å². The van der Waals surface area contributed by atoms with Crippen LogP contribution >= 0.6 is 0 Å². The van der Waals surface area contributed by atoms with Gasteiger partial charge in [-0.15, -0.1) is 0 Å². The van der Waals surface area contributed by atoms with Crippen molar-refractivity contribution < 1.29 is 9.53 Å². The predicted molar refractivity (Wildman–Crippen MR) is 59.7 cm³/mol. The van der Waals surface area contributed by atoms with Crippen LogP contribution in [0.3, 0.4) is 0 Å². The second-order valence-electron chi connectivity index (χ2n) is 5.04. The van der Waals surface area contributed by atoms with Crippen LogP contribution in [0, 0.1) is 11.8 Å². The zero-order chi connectivity index (χ0) is 10.7. The highest BCUT2D eigenvalue weighted by atomic mass is 16.5. The van der Waals surface area contributed by atoms with Crippen molar-refractivity contribution in [2.45, 2.75) is 58.0 Å². The van der Waals surface area contributed by atoms with Gasteiger partial charge >= 0.3 is 0 Å². The smallest absolute Gasteiger partial charge is 0.164 e. The molecule has 0 aromatic rings. The fourth-order valence-corrected chi connectivity index (χ4v) is 2.99. The molecule has 1 heterocycles. The summed E-state index contributed by atoms with van der Waals surface area (Å²) >= 11 is 0. The fourth-order valence-electron chi connectivity index (χ4n) is 2.99. The minimum absolute atomic E-state index is 0.0504. The average molecular weight is 210 g/mol. The van der Waals surface area contributed by atoms with E-state index in [1.54, 1.807) is 0 Å². The monoisotopic (exact) mass is 210 g/mol. The Bertz CT molecular complexity index is 219. The largest absolute Gasteiger partial charge is 0.370 e. The van der Waals surface area contributed by atoms with Crippen molar-refractivity contribution in [1.29, 1.82) is 0 Å². The van der Waals surface area contributed by atoms with Gasteiger partial charge in [-0.25, -0.2) is 0 Å². The maximum Gasteiger partial charge on any atom is 0.164 e. The third-order valence-corrected chi connectivity index (χ3v) is 4.01. The standard InChI is InChI=1S/C13H22O2/c1-2-10-5-3-6-11(9-10)13(14)12-7-4-8-15-12/h10-12H,2-9H2,1H3. The minimum atomic E-state index is -0.0504. The highest BCUT2D eigenvalue weighted by molar-refractivity contribution is 5.85. The van der Waals surface area contributed by atoms with Gasteiger partial charge in [-0.2, -0.15) is 0 Å². The quantitative estimate of drug-likeness (QED) is 0.716. The molecule has 1 saturated carbocycles. The summed E-state index contributed by atoms with van der Waals surface area (Å²) in [4.78, 5) is 12.1. The SMILES string of the molecule is CCC1CCCC(C(=O)C2CCCO2)C1. The van der Waals surface area contributed by atoms with Crippen molar-refractivity contribution >= 4 is 5.78 Å². The number of carbonyl (C=O) groups is 1. The Kier molecular flexibility index (Phi) is 3.79. The second-order valence-corrected chi connectivity index (χ2v) is 5.04. The lowest BCUT2D eigenvalue weighted by Gasteiger charge is -2.28. The van der Waals surface area contributed by atoms with Gasteiger partial charge < -0.3 is 4.74 Å². The Balaban J connectivity index is 1.88. The summed E-state index contributed by atoms with van der Waals surface area (Å²) in [6.07, 6.45) is 8.00. The van der Waals surface area contributed by atoms with Crippen LogP contribution in [0.25, 0.3) is 0 Å². The minimum Gasteiger partial charge on any atom is -0.370 e. The molecule has 0 spiro atoms. The van der Waals surface area contributed by atoms with E-state index in [9.17, 15) is 4.79 Å². The molecule has 2 fully saturated rings. The molecule has 3 atom stereocenters. The molecular formula is C13H22O2. The third kappa shape index (κ3) is 2.60. The van der Waals surface area contributed by atoms with Crippen LogP contribution in [0.15, 0.2) is 0 Å². The number of Topliss-reactive ketones (excluding diaryl/α,β-unsaturated/α-hetero) is 1. The molecule has 2 nitrogen and oxygen atoms in total. The summed E-state index contributed by atoms with van der Waals surface area (Å²) in [5.74, 6) is 1.51. The van der Waals surface area contributed by atoms with Gasteiger partial charge in [0.25, 0.3) is 0 Å². The normalized spacial score (nSPS) is 36.7. The first-order chi connectivity index (χ1) is 7.31. The molecule has 1 saturated heterocycles. The highest BCUT2D eigenvalue weighted by Gasteiger charge is 2.33. The topological polar surface area (TPSA) is 26.3 Å². The Labute approximate surface area is 92.4 Å². The first-order valence-corrected chi connectivity index (χ1v) is 6.46. The Hall–Kier alpha value is -0.370. The molecule has 2 aliphatic rings. The number of ketones is 1. The van der Waals surface area contributed by atoms with Crippen LogP contribution in [-0.4, -0.2) is 18.5 Å². The van der Waals surface area contributed by atoms with E-state index in [0.29, 0.717) is 11.7 Å². The Morgan fingerprint density at radius 1 is 1.27 bits per heavy atom. The molecule has 86 valence electrons. The second kappa shape index (κ2) is 5.11. The molecule has 2 rings (SSSR count). The molecule has 0 bridgehead atoms. The van der Waals surface area contributed by atoms with E-state index < -0.39 is 0 Å². The van der Waals surface area contributed by atoms with E-state index in [4.69, 9.17) is 4.74 Å². The average Bonchev–Trinajstić information content (AvgIpc) is 2.81. The molecule has 3 unspecified atom stereocenters. The van der Waals surface area contributed by atoms with Crippen molar-refractivity contribution in [2.75, 3.05) is 6.61 Å². The first-order valence-electron chi connectivity index (χ1n) is 6.46. The maximum atomic E-state index is 12.1. The lowest BCUT2D eigenvalue weighted by Crippen LogP contribution is -2.31. The summed E-state index contributed by atoms with van der Waals surface area (Å²) in [7, 11) is 0. The van der Waals surface area contributed by atoms with Gasteiger partial charge in [0, 0.05) is 12.5 Å². The zero-order valence-electron chi connectivity index (χ0n) is 9.71. The van der Waals surface area contributed by atoms with Crippen molar-refractivity contribution in [3.05, 3.63) is 0 Å². The zero-order valence-corrected chi connectivity index (χ0v) is 9.71. The van der Waals surface area contributed by atoms with E-state index in [1.807, 2.05) is 0 Å². The molecule has 1 aliphatic carbocycles. The molecule has 15 heavy (non-hydrogen) atoms. The Morgan fingerprint density at radius 3 is 2.80 bits per heavy atom. The highest BCUT2D eigenvalue weighted by Crippen LogP contribution is 2.33. The van der Waals surface area contributed by atoms with Gasteiger partial charge in [0.2, 0.25) is 0 Å². The number of rotatable bonds is 3. The van der Waals surface area contributed by atoms with Crippen LogP contribution in [0.5, 0.6) is 0 Å². The first kappa shape index (κ1) is 11.1. The van der Waals surface area contributed by atoms with Gasteiger partial charge in [-0.1, -0.05) is 26.2 Å². The van der Waals surface area contributed by atoms with Gasteiger partial charge in [0.1, 0.15) is 6.10 Å². The fraction of sp³-hybridized carbons (Fsp3) is 0.923. The van der Waals surface area contributed by atoms with Crippen molar-refractivity contribution in [1.82, 2.24) is 0 Å². The lowest BCUT2D eigenvalue weighted by atomic mass is 9.77. The Morgan fingerprint density at radius 2 is 2.13 bits per heavy atom. The van der Waals surface area contributed by atoms with Crippen molar-refractivity contribution in [3.8, 4) is 0 Å². The molecule has 2 heteroatoms. The molecule has 0 N–H and O–H groups in total. The van der Waals surface area contributed by atoms with E-state index in [0.717, 1.165) is 38.2 Å². The van der Waals surface area contributed by atoms with E-state index in [1.165, 1.54) is 19.3 Å². The molecular weight excluding hydrogens is 188 g/mol. The molecule has 1 aliphatic heterocycles. The molecule has 0 radical (unpaired) electrons. The number of carbonyl (C=O) groups excluding carboxylic acids is 1. The van der Waals surface area contributed by atoms with E-state index in [2.05, 4.69) is 6.92 Å². The van der Waals surface area contributed by atoms with Crippen molar-refractivity contribution in [2.24, 2.45) is 11.8 Å². The van der Waals surface area contributed by atoms with Crippen molar-refractivity contribution in [3.63, 3.8) is 0 Å². The van der Waals surface area contributed by atoms with Crippen LogP contribution < -0.4 is 0 Å². The number of hydrogen-bond donors (Lipinski definition) is 0. The molecule has 0 aromatic carbocycles. The van der Waals surface area contributed by atoms with Gasteiger partial charge in [-0.3, -0.25) is 4.79 Å². The van der Waals surface area contributed by atoms with Crippen LogP contribution in [-0.2, 0) is 9.53 Å².